The van der Waals surface area contributed by atoms with Crippen molar-refractivity contribution in [2.75, 3.05) is 13.1 Å². The Kier molecular flexibility index (Phi) is 7.93. The lowest BCUT2D eigenvalue weighted by Crippen LogP contribution is -2.45. The Morgan fingerprint density at radius 3 is 2.14 bits per heavy atom. The van der Waals surface area contributed by atoms with Gasteiger partial charge in [0.05, 0.1) is 11.1 Å². The molecule has 0 saturated carbocycles. The molecule has 3 N–H and O–H groups in total. The lowest BCUT2D eigenvalue weighted by molar-refractivity contribution is 0.160. The summed E-state index contributed by atoms with van der Waals surface area (Å²) in [6.07, 6.45) is 2.41. The highest BCUT2D eigenvalue weighted by molar-refractivity contribution is 7.49. The van der Waals surface area contributed by atoms with E-state index < -0.39 is 13.2 Å². The van der Waals surface area contributed by atoms with Crippen LogP contribution in [0.4, 0.5) is 0 Å². The highest BCUT2D eigenvalue weighted by Gasteiger charge is 2.37. The zero-order valence-corrected chi connectivity index (χ0v) is 18.0. The van der Waals surface area contributed by atoms with E-state index in [1.807, 2.05) is 48.5 Å². The van der Waals surface area contributed by atoms with Gasteiger partial charge in [0, 0.05) is 24.8 Å². The number of hydrogen-bond donors (Lipinski definition) is 3. The number of hydrogen-bond acceptors (Lipinski definition) is 3. The Morgan fingerprint density at radius 1 is 1.04 bits per heavy atom. The van der Waals surface area contributed by atoms with Crippen LogP contribution in [-0.4, -0.2) is 44.8 Å². The number of benzene rings is 1. The molecule has 2 aromatic rings. The minimum Gasteiger partial charge on any atom is -0.313 e. The normalized spacial score (nSPS) is 14.6. The highest BCUT2D eigenvalue weighted by Crippen LogP contribution is 2.38. The molecule has 0 aliphatic carbocycles. The van der Waals surface area contributed by atoms with Gasteiger partial charge in [-0.05, 0) is 58.4 Å². The molecule has 0 amide bonds. The van der Waals surface area contributed by atoms with Gasteiger partial charge < -0.3 is 9.79 Å². The van der Waals surface area contributed by atoms with Crippen molar-refractivity contribution in [2.45, 2.75) is 51.6 Å². The van der Waals surface area contributed by atoms with Crippen molar-refractivity contribution in [2.24, 2.45) is 0 Å². The quantitative estimate of drug-likeness (QED) is 0.524. The summed E-state index contributed by atoms with van der Waals surface area (Å²) in [7, 11) is -4.38. The average molecular weight is 405 g/mol. The molecule has 1 atom stereocenters. The topological polar surface area (TPSA) is 85.7 Å². The fourth-order valence-corrected chi connectivity index (χ4v) is 4.25. The van der Waals surface area contributed by atoms with E-state index in [4.69, 9.17) is 0 Å². The van der Waals surface area contributed by atoms with Crippen molar-refractivity contribution in [3.8, 4) is 0 Å². The fraction of sp³-hybridized carbons (Fsp3) is 0.476. The monoisotopic (exact) mass is 405 g/mol. The first-order chi connectivity index (χ1) is 13.2. The summed E-state index contributed by atoms with van der Waals surface area (Å²) in [4.78, 5) is 26.0. The van der Waals surface area contributed by atoms with Crippen LogP contribution in [0, 0.1) is 0 Å². The van der Waals surface area contributed by atoms with Crippen LogP contribution in [0.5, 0.6) is 0 Å². The second kappa shape index (κ2) is 9.77. The Bertz CT molecular complexity index is 715. The van der Waals surface area contributed by atoms with Crippen molar-refractivity contribution in [1.29, 1.82) is 0 Å². The maximum atomic E-state index is 11.6. The van der Waals surface area contributed by atoms with E-state index in [1.54, 1.807) is 6.20 Å². The third kappa shape index (κ3) is 5.97. The molecule has 0 aliphatic rings. The molecule has 1 aromatic heterocycles. The van der Waals surface area contributed by atoms with Gasteiger partial charge in [0.15, 0.2) is 0 Å². The van der Waals surface area contributed by atoms with E-state index >= 15 is 0 Å². The van der Waals surface area contributed by atoms with Crippen LogP contribution in [-0.2, 0) is 9.98 Å². The first-order valence-corrected chi connectivity index (χ1v) is 11.3. The van der Waals surface area contributed by atoms with Crippen molar-refractivity contribution in [3.05, 3.63) is 66.0 Å². The van der Waals surface area contributed by atoms with Gasteiger partial charge in [-0.25, -0.2) is 9.65 Å². The van der Waals surface area contributed by atoms with Crippen LogP contribution in [0.1, 0.15) is 45.4 Å². The molecule has 0 saturated heterocycles. The molecule has 1 unspecified atom stereocenters. The van der Waals surface area contributed by atoms with E-state index in [1.165, 1.54) is 0 Å². The average Bonchev–Trinajstić information content (AvgIpc) is 2.65. The largest absolute Gasteiger partial charge is 0.400 e. The van der Waals surface area contributed by atoms with Gasteiger partial charge in [0.1, 0.15) is 0 Å². The smallest absolute Gasteiger partial charge is 0.313 e. The predicted molar refractivity (Wildman–Crippen MR) is 113 cm³/mol. The van der Waals surface area contributed by atoms with Crippen molar-refractivity contribution < 1.29 is 14.4 Å². The third-order valence-electron chi connectivity index (χ3n) is 5.19. The van der Waals surface area contributed by atoms with Gasteiger partial charge in [-0.2, -0.15) is 0 Å². The molecule has 0 radical (unpaired) electrons. The van der Waals surface area contributed by atoms with E-state index in [2.05, 4.69) is 42.7 Å². The minimum atomic E-state index is -4.38. The number of pyridine rings is 1. The third-order valence-corrected chi connectivity index (χ3v) is 5.76. The molecule has 0 fully saturated rings. The molecule has 1 aromatic carbocycles. The lowest BCUT2D eigenvalue weighted by atomic mass is 9.74. The molecule has 1 heterocycles. The second-order valence-electron chi connectivity index (χ2n) is 7.72. The van der Waals surface area contributed by atoms with Gasteiger partial charge in [-0.3, -0.25) is 9.88 Å². The van der Waals surface area contributed by atoms with E-state index in [0.717, 1.165) is 17.8 Å². The zero-order valence-electron chi connectivity index (χ0n) is 17.1. The van der Waals surface area contributed by atoms with Gasteiger partial charge in [0.25, 0.3) is 0 Å². The summed E-state index contributed by atoms with van der Waals surface area (Å²) in [6, 6.07) is 16.3. The summed E-state index contributed by atoms with van der Waals surface area (Å²) >= 11 is 0. The number of nitrogens with zero attached hydrogens (tertiary/aromatic N) is 2. The van der Waals surface area contributed by atoms with Crippen molar-refractivity contribution in [3.63, 3.8) is 0 Å². The molecule has 154 valence electrons. The molecule has 7 heteroatoms. The number of rotatable bonds is 10. The zero-order chi connectivity index (χ0) is 20.8. The van der Waals surface area contributed by atoms with Crippen LogP contribution >= 0.6 is 7.75 Å². The molecular formula is C21H32N3O3P. The summed E-state index contributed by atoms with van der Waals surface area (Å²) in [5.41, 5.74) is 1.13. The maximum Gasteiger partial charge on any atom is 0.400 e. The van der Waals surface area contributed by atoms with Crippen LogP contribution in [0.2, 0.25) is 0 Å². The molecule has 6 nitrogen and oxygen atoms in total. The Hall–Kier alpha value is -1.56. The number of aromatic nitrogens is 1. The predicted octanol–water partition coefficient (Wildman–Crippen LogP) is 3.56. The Labute approximate surface area is 168 Å². The summed E-state index contributed by atoms with van der Waals surface area (Å²) in [5.74, 6) is 0. The minimum absolute atomic E-state index is 0.0995. The molecule has 2 rings (SSSR count). The number of nitrogens with one attached hydrogen (secondary N) is 1. The summed E-state index contributed by atoms with van der Waals surface area (Å²) < 4.78 is 11.6. The fourth-order valence-electron chi connectivity index (χ4n) is 3.77. The molecule has 28 heavy (non-hydrogen) atoms. The maximum absolute atomic E-state index is 11.6. The van der Waals surface area contributed by atoms with E-state index in [0.29, 0.717) is 18.5 Å². The molecule has 0 aliphatic heterocycles. The van der Waals surface area contributed by atoms with E-state index in [-0.39, 0.29) is 6.54 Å². The van der Waals surface area contributed by atoms with Gasteiger partial charge >= 0.3 is 7.75 Å². The van der Waals surface area contributed by atoms with Gasteiger partial charge in [0.2, 0.25) is 0 Å². The van der Waals surface area contributed by atoms with Crippen LogP contribution in [0.25, 0.3) is 0 Å². The van der Waals surface area contributed by atoms with E-state index in [9.17, 15) is 14.4 Å². The van der Waals surface area contributed by atoms with Crippen molar-refractivity contribution in [1.82, 2.24) is 15.0 Å². The molecule has 0 spiro atoms. The molecular weight excluding hydrogens is 373 g/mol. The van der Waals surface area contributed by atoms with Gasteiger partial charge in [-0.1, -0.05) is 36.4 Å². The van der Waals surface area contributed by atoms with Crippen LogP contribution < -0.4 is 5.09 Å². The highest BCUT2D eigenvalue weighted by atomic mass is 31.2. The van der Waals surface area contributed by atoms with Gasteiger partial charge in [-0.15, -0.1) is 0 Å². The summed E-state index contributed by atoms with van der Waals surface area (Å²) in [5, 5.41) is 2.45. The standard InChI is InChI=1S/C21H32N3O3P/c1-17(2)24(18(3)4)15-13-21(16-23-28(25,26)27,19-10-6-5-7-11-19)20-12-8-9-14-22-20/h5-12,14,17-18H,13,15-16H2,1-4H3,(H3,23,25,26,27). The Balaban J connectivity index is 2.51. The van der Waals surface area contributed by atoms with Crippen LogP contribution in [0.3, 0.4) is 0 Å². The van der Waals surface area contributed by atoms with Crippen LogP contribution in [0.15, 0.2) is 54.7 Å². The SMILES string of the molecule is CC(C)N(CCC(CNP(=O)(O)O)(c1ccccc1)c1ccccn1)C(C)C. The lowest BCUT2D eigenvalue weighted by Gasteiger charge is -2.38. The molecule has 0 bridgehead atoms. The first-order valence-electron chi connectivity index (χ1n) is 9.69. The first kappa shape index (κ1) is 22.7. The second-order valence-corrected chi connectivity index (χ2v) is 9.12. The summed E-state index contributed by atoms with van der Waals surface area (Å²) in [6.45, 7) is 9.54. The van der Waals surface area contributed by atoms with Crippen molar-refractivity contribution >= 4 is 7.75 Å². The Morgan fingerprint density at radius 2 is 1.64 bits per heavy atom.